The van der Waals surface area contributed by atoms with E-state index in [9.17, 15) is 22.8 Å². The molecule has 0 aliphatic heterocycles. The fourth-order valence-electron chi connectivity index (χ4n) is 5.34. The van der Waals surface area contributed by atoms with Gasteiger partial charge in [-0.1, -0.05) is 38.1 Å². The summed E-state index contributed by atoms with van der Waals surface area (Å²) in [6.07, 6.45) is -3.69. The van der Waals surface area contributed by atoms with E-state index in [0.717, 1.165) is 23.4 Å². The number of Topliss-reactive ketones (excluding diaryl/α,β-unsaturated/α-hetero) is 1. The maximum Gasteiger partial charge on any atom is 0.416 e. The number of nitrogens with zero attached hydrogens (tertiary/aromatic N) is 3. The van der Waals surface area contributed by atoms with Crippen LogP contribution < -0.4 is 10.5 Å². The molecule has 2 N–H and O–H groups in total. The van der Waals surface area contributed by atoms with E-state index in [0.29, 0.717) is 46.7 Å². The molecule has 10 heteroatoms. The average molecular weight is 577 g/mol. The summed E-state index contributed by atoms with van der Waals surface area (Å²) >= 11 is 0. The van der Waals surface area contributed by atoms with Crippen molar-refractivity contribution in [2.45, 2.75) is 39.4 Å². The van der Waals surface area contributed by atoms with Crippen molar-refractivity contribution in [2.24, 2.45) is 5.41 Å². The molecule has 3 aromatic carbocycles. The first kappa shape index (κ1) is 28.9. The van der Waals surface area contributed by atoms with Crippen molar-refractivity contribution < 1.29 is 27.5 Å². The number of hydrogen-bond acceptors (Lipinski definition) is 5. The minimum atomic E-state index is -4.48. The van der Waals surface area contributed by atoms with Gasteiger partial charge in [-0.15, -0.1) is 0 Å². The Balaban J connectivity index is 1.50. The van der Waals surface area contributed by atoms with Gasteiger partial charge in [0.05, 0.1) is 35.3 Å². The zero-order valence-corrected chi connectivity index (χ0v) is 23.7. The van der Waals surface area contributed by atoms with Gasteiger partial charge in [-0.2, -0.15) is 18.3 Å². The maximum atomic E-state index is 13.3. The highest BCUT2D eigenvalue weighted by Gasteiger charge is 2.38. The Kier molecular flexibility index (Phi) is 7.34. The van der Waals surface area contributed by atoms with Gasteiger partial charge in [-0.3, -0.25) is 9.59 Å². The third kappa shape index (κ3) is 5.61. The lowest BCUT2D eigenvalue weighted by atomic mass is 9.75. The fraction of sp³-hybridized carbons (Fsp3) is 0.281. The van der Waals surface area contributed by atoms with E-state index in [-0.39, 0.29) is 29.2 Å². The van der Waals surface area contributed by atoms with E-state index in [2.05, 4.69) is 0 Å². The van der Waals surface area contributed by atoms with Crippen molar-refractivity contribution in [3.63, 3.8) is 0 Å². The summed E-state index contributed by atoms with van der Waals surface area (Å²) in [4.78, 5) is 28.1. The Morgan fingerprint density at radius 1 is 1.05 bits per heavy atom. The number of nitrogen functional groups attached to an aromatic ring is 1. The topological polar surface area (TPSA) is 90.5 Å². The van der Waals surface area contributed by atoms with Gasteiger partial charge in [0.25, 0.3) is 5.91 Å². The predicted molar refractivity (Wildman–Crippen MR) is 154 cm³/mol. The first-order valence-electron chi connectivity index (χ1n) is 13.4. The number of halogens is 3. The van der Waals surface area contributed by atoms with Gasteiger partial charge in [0.15, 0.2) is 5.78 Å². The number of hydrogen-bond donors (Lipinski definition) is 1. The predicted octanol–water partition coefficient (Wildman–Crippen LogP) is 6.58. The van der Waals surface area contributed by atoms with E-state index < -0.39 is 11.7 Å². The van der Waals surface area contributed by atoms with Crippen LogP contribution in [-0.2, 0) is 19.1 Å². The molecule has 1 aliphatic carbocycles. The second-order valence-corrected chi connectivity index (χ2v) is 11.4. The van der Waals surface area contributed by atoms with Crippen LogP contribution in [-0.4, -0.2) is 40.5 Å². The molecule has 42 heavy (non-hydrogen) atoms. The van der Waals surface area contributed by atoms with Gasteiger partial charge in [-0.25, -0.2) is 4.68 Å². The van der Waals surface area contributed by atoms with Crippen LogP contribution in [0.1, 0.15) is 57.8 Å². The van der Waals surface area contributed by atoms with Gasteiger partial charge in [0.1, 0.15) is 11.4 Å². The van der Waals surface area contributed by atoms with Crippen LogP contribution in [0, 0.1) is 5.41 Å². The van der Waals surface area contributed by atoms with E-state index in [1.165, 1.54) is 12.1 Å². The smallest absolute Gasteiger partial charge is 0.416 e. The molecule has 0 bridgehead atoms. The summed E-state index contributed by atoms with van der Waals surface area (Å²) < 4.78 is 46.3. The number of nitrogens with two attached hydrogens (primary N) is 1. The molecule has 0 unspecified atom stereocenters. The highest BCUT2D eigenvalue weighted by atomic mass is 19.4. The van der Waals surface area contributed by atoms with Crippen LogP contribution >= 0.6 is 0 Å². The second kappa shape index (κ2) is 10.7. The minimum absolute atomic E-state index is 0.132. The van der Waals surface area contributed by atoms with Crippen LogP contribution in [0.15, 0.2) is 66.7 Å². The van der Waals surface area contributed by atoms with Crippen molar-refractivity contribution in [2.75, 3.05) is 19.9 Å². The van der Waals surface area contributed by atoms with Crippen LogP contribution in [0.5, 0.6) is 5.75 Å². The van der Waals surface area contributed by atoms with E-state index in [1.807, 2.05) is 38.1 Å². The summed E-state index contributed by atoms with van der Waals surface area (Å²) in [6, 6.07) is 17.0. The van der Waals surface area contributed by atoms with E-state index >= 15 is 0 Å². The minimum Gasteiger partial charge on any atom is -0.497 e. The monoisotopic (exact) mass is 576 g/mol. The highest BCUT2D eigenvalue weighted by molar-refractivity contribution is 6.04. The number of carbonyl (C=O) groups is 2. The first-order chi connectivity index (χ1) is 19.8. The number of benzene rings is 3. The summed E-state index contributed by atoms with van der Waals surface area (Å²) in [5, 5.41) is 4.71. The Morgan fingerprint density at radius 2 is 1.71 bits per heavy atom. The summed E-state index contributed by atoms with van der Waals surface area (Å²) in [6.45, 7) is 4.34. The van der Waals surface area contributed by atoms with Crippen molar-refractivity contribution in [3.05, 3.63) is 94.7 Å². The quantitative estimate of drug-likeness (QED) is 0.262. The normalized spacial score (nSPS) is 14.4. The molecule has 0 fully saturated rings. The van der Waals surface area contributed by atoms with Crippen LogP contribution in [0.25, 0.3) is 16.9 Å². The van der Waals surface area contributed by atoms with Gasteiger partial charge >= 0.3 is 6.18 Å². The molecule has 5 rings (SSSR count). The third-order valence-corrected chi connectivity index (χ3v) is 7.46. The zero-order valence-electron chi connectivity index (χ0n) is 23.7. The van der Waals surface area contributed by atoms with Gasteiger partial charge in [0, 0.05) is 31.1 Å². The molecule has 1 amide bonds. The number of ketones is 1. The molecule has 0 saturated heterocycles. The molecule has 0 spiro atoms. The number of fused-ring (bicyclic) bond motifs is 1. The van der Waals surface area contributed by atoms with Crippen molar-refractivity contribution >= 4 is 17.4 Å². The second-order valence-electron chi connectivity index (χ2n) is 11.4. The molecule has 1 aliphatic rings. The summed E-state index contributed by atoms with van der Waals surface area (Å²) in [5.74, 6) is 0.365. The van der Waals surface area contributed by atoms with Gasteiger partial charge in [0.2, 0.25) is 0 Å². The number of anilines is 1. The SMILES string of the molecule is COc1ccc(CN(C)C(=O)c2ccc(-n3nc(-c4ccc(C(F)(F)F)cc4)c4c3CC(C)(C)CC4=O)c(N)c2)cc1. The lowest BCUT2D eigenvalue weighted by Gasteiger charge is -2.29. The molecule has 1 aromatic heterocycles. The number of methoxy groups -OCH3 is 1. The Labute approximate surface area is 241 Å². The number of ether oxygens (including phenoxy) is 1. The van der Waals surface area contributed by atoms with E-state index in [1.54, 1.807) is 41.9 Å². The van der Waals surface area contributed by atoms with Crippen molar-refractivity contribution in [1.82, 2.24) is 14.7 Å². The number of aromatic nitrogens is 2. The number of alkyl halides is 3. The van der Waals surface area contributed by atoms with E-state index in [4.69, 9.17) is 15.6 Å². The standard InChI is InChI=1S/C32H31F3N4O3/c1-31(2)16-26-28(27(40)17-31)29(20-7-10-22(11-8-20)32(33,34)35)37-39(26)25-14-9-21(15-24(25)36)30(41)38(3)18-19-5-12-23(42-4)13-6-19/h5-15H,16-18,36H2,1-4H3. The fourth-order valence-corrected chi connectivity index (χ4v) is 5.34. The zero-order chi connectivity index (χ0) is 30.4. The summed E-state index contributed by atoms with van der Waals surface area (Å²) in [5.41, 5.74) is 9.12. The van der Waals surface area contributed by atoms with Crippen LogP contribution in [0.4, 0.5) is 18.9 Å². The van der Waals surface area contributed by atoms with Crippen LogP contribution in [0.2, 0.25) is 0 Å². The van der Waals surface area contributed by atoms with Crippen molar-refractivity contribution in [1.29, 1.82) is 0 Å². The number of amides is 1. The molecule has 218 valence electrons. The molecular weight excluding hydrogens is 545 g/mol. The molecule has 0 atom stereocenters. The lowest BCUT2D eigenvalue weighted by Crippen LogP contribution is -2.28. The third-order valence-electron chi connectivity index (χ3n) is 7.46. The average Bonchev–Trinajstić information content (AvgIpc) is 3.31. The Bertz CT molecular complexity index is 1660. The largest absolute Gasteiger partial charge is 0.497 e. The van der Waals surface area contributed by atoms with Crippen LogP contribution in [0.3, 0.4) is 0 Å². The highest BCUT2D eigenvalue weighted by Crippen LogP contribution is 2.41. The molecule has 1 heterocycles. The molecular formula is C32H31F3N4O3. The molecule has 0 radical (unpaired) electrons. The first-order valence-corrected chi connectivity index (χ1v) is 13.4. The Hall–Kier alpha value is -4.60. The van der Waals surface area contributed by atoms with Gasteiger partial charge < -0.3 is 15.4 Å². The Morgan fingerprint density at radius 3 is 2.31 bits per heavy atom. The summed E-state index contributed by atoms with van der Waals surface area (Å²) in [7, 11) is 3.29. The number of carbonyl (C=O) groups excluding carboxylic acids is 2. The van der Waals surface area contributed by atoms with Crippen molar-refractivity contribution in [3.8, 4) is 22.7 Å². The molecule has 7 nitrogen and oxygen atoms in total. The maximum absolute atomic E-state index is 13.3. The number of rotatable bonds is 6. The molecule has 4 aromatic rings. The van der Waals surface area contributed by atoms with Gasteiger partial charge in [-0.05, 0) is 59.9 Å². The lowest BCUT2D eigenvalue weighted by molar-refractivity contribution is -0.137. The molecule has 0 saturated carbocycles.